The number of nitrogens with zero attached hydrogens (tertiary/aromatic N) is 1. The minimum atomic E-state index is -3.64. The van der Waals surface area contributed by atoms with E-state index >= 15 is 0 Å². The molecule has 0 spiro atoms. The van der Waals surface area contributed by atoms with Gasteiger partial charge < -0.3 is 0 Å². The third kappa shape index (κ3) is 4.07. The molecule has 0 atom stereocenters. The van der Waals surface area contributed by atoms with Crippen LogP contribution in [-0.2, 0) is 14.8 Å². The van der Waals surface area contributed by atoms with Crippen LogP contribution in [0, 0.1) is 0 Å². The van der Waals surface area contributed by atoms with Crippen LogP contribution in [0.25, 0.3) is 0 Å². The lowest BCUT2D eigenvalue weighted by atomic mass is 10.3. The molecule has 0 fully saturated rings. The minimum absolute atomic E-state index is 0.156. The SMILES string of the molecule is CCS(=O)(=O)N(CC(=O)NN)c1ccc(Br)cc1Cl. The summed E-state index contributed by atoms with van der Waals surface area (Å²) in [4.78, 5) is 11.3. The Labute approximate surface area is 125 Å². The second-order valence-corrected chi connectivity index (χ2v) is 7.08. The summed E-state index contributed by atoms with van der Waals surface area (Å²) in [7, 11) is -3.64. The van der Waals surface area contributed by atoms with Crippen LogP contribution in [0.4, 0.5) is 5.69 Å². The Kier molecular flexibility index (Phi) is 5.60. The molecule has 0 aromatic heterocycles. The highest BCUT2D eigenvalue weighted by molar-refractivity contribution is 9.10. The van der Waals surface area contributed by atoms with E-state index in [1.165, 1.54) is 13.0 Å². The monoisotopic (exact) mass is 369 g/mol. The zero-order chi connectivity index (χ0) is 14.6. The van der Waals surface area contributed by atoms with Gasteiger partial charge in [0.1, 0.15) is 6.54 Å². The van der Waals surface area contributed by atoms with Crippen LogP contribution in [0.15, 0.2) is 22.7 Å². The first-order valence-electron chi connectivity index (χ1n) is 5.26. The molecule has 9 heteroatoms. The van der Waals surface area contributed by atoms with E-state index in [0.717, 1.165) is 4.31 Å². The molecule has 0 aliphatic rings. The Balaban J connectivity index is 3.27. The Morgan fingerprint density at radius 1 is 1.53 bits per heavy atom. The van der Waals surface area contributed by atoms with Gasteiger partial charge in [0.2, 0.25) is 10.0 Å². The van der Waals surface area contributed by atoms with Crippen LogP contribution in [0.1, 0.15) is 6.92 Å². The number of hydrogen-bond acceptors (Lipinski definition) is 4. The van der Waals surface area contributed by atoms with Crippen molar-refractivity contribution in [3.05, 3.63) is 27.7 Å². The summed E-state index contributed by atoms with van der Waals surface area (Å²) in [6, 6.07) is 4.71. The van der Waals surface area contributed by atoms with Gasteiger partial charge in [0, 0.05) is 4.47 Å². The Morgan fingerprint density at radius 3 is 2.63 bits per heavy atom. The second kappa shape index (κ2) is 6.56. The normalized spacial score (nSPS) is 11.2. The molecule has 0 aliphatic carbocycles. The summed E-state index contributed by atoms with van der Waals surface area (Å²) in [6.45, 7) is 1.06. The number of nitrogens with two attached hydrogens (primary N) is 1. The van der Waals surface area contributed by atoms with Gasteiger partial charge in [-0.25, -0.2) is 14.3 Å². The number of rotatable bonds is 5. The largest absolute Gasteiger partial charge is 0.293 e. The number of anilines is 1. The Morgan fingerprint density at radius 2 is 2.16 bits per heavy atom. The third-order valence-corrected chi connectivity index (χ3v) is 4.85. The summed E-state index contributed by atoms with van der Waals surface area (Å²) in [5.41, 5.74) is 2.13. The average Bonchev–Trinajstić information content (AvgIpc) is 2.36. The van der Waals surface area contributed by atoms with Crippen molar-refractivity contribution in [2.75, 3.05) is 16.6 Å². The predicted octanol–water partition coefficient (Wildman–Crippen LogP) is 1.25. The fraction of sp³-hybridized carbons (Fsp3) is 0.300. The van der Waals surface area contributed by atoms with E-state index in [9.17, 15) is 13.2 Å². The highest BCUT2D eigenvalue weighted by Gasteiger charge is 2.25. The molecule has 1 rings (SSSR count). The van der Waals surface area contributed by atoms with Gasteiger partial charge in [-0.1, -0.05) is 27.5 Å². The maximum absolute atomic E-state index is 12.0. The summed E-state index contributed by atoms with van der Waals surface area (Å²) in [5.74, 6) is 4.20. The van der Waals surface area contributed by atoms with Crippen LogP contribution in [-0.4, -0.2) is 26.6 Å². The Bertz CT molecular complexity index is 579. The number of sulfonamides is 1. The highest BCUT2D eigenvalue weighted by atomic mass is 79.9. The van der Waals surface area contributed by atoms with Gasteiger partial charge in [-0.05, 0) is 25.1 Å². The minimum Gasteiger partial charge on any atom is -0.293 e. The molecule has 1 aromatic rings. The molecule has 0 bridgehead atoms. The average molecular weight is 371 g/mol. The number of amides is 1. The molecule has 19 heavy (non-hydrogen) atoms. The van der Waals surface area contributed by atoms with Gasteiger partial charge in [0.05, 0.1) is 16.5 Å². The first-order chi connectivity index (χ1) is 8.81. The summed E-state index contributed by atoms with van der Waals surface area (Å²) in [5, 5.41) is 0.219. The van der Waals surface area contributed by atoms with Crippen molar-refractivity contribution in [2.24, 2.45) is 5.84 Å². The topological polar surface area (TPSA) is 92.5 Å². The number of hydrogen-bond donors (Lipinski definition) is 2. The third-order valence-electron chi connectivity index (χ3n) is 2.33. The molecule has 3 N–H and O–H groups in total. The van der Waals surface area contributed by atoms with Crippen molar-refractivity contribution in [2.45, 2.75) is 6.92 Å². The highest BCUT2D eigenvalue weighted by Crippen LogP contribution is 2.30. The molecule has 0 heterocycles. The van der Waals surface area contributed by atoms with Crippen molar-refractivity contribution in [1.82, 2.24) is 5.43 Å². The van der Waals surface area contributed by atoms with E-state index in [-0.39, 0.29) is 16.5 Å². The van der Waals surface area contributed by atoms with E-state index in [4.69, 9.17) is 17.4 Å². The molecule has 1 aromatic carbocycles. The second-order valence-electron chi connectivity index (χ2n) is 3.57. The van der Waals surface area contributed by atoms with Crippen molar-refractivity contribution in [3.8, 4) is 0 Å². The molecular weight excluding hydrogens is 358 g/mol. The van der Waals surface area contributed by atoms with Gasteiger partial charge in [0.25, 0.3) is 5.91 Å². The first-order valence-corrected chi connectivity index (χ1v) is 8.04. The van der Waals surface area contributed by atoms with E-state index in [1.54, 1.807) is 12.1 Å². The lowest BCUT2D eigenvalue weighted by molar-refractivity contribution is -0.119. The van der Waals surface area contributed by atoms with Gasteiger partial charge in [0.15, 0.2) is 0 Å². The molecule has 0 saturated carbocycles. The molecular formula is C10H13BrClN3O3S. The van der Waals surface area contributed by atoms with Gasteiger partial charge in [-0.2, -0.15) is 0 Å². The van der Waals surface area contributed by atoms with E-state index in [2.05, 4.69) is 15.9 Å². The van der Waals surface area contributed by atoms with Crippen molar-refractivity contribution < 1.29 is 13.2 Å². The van der Waals surface area contributed by atoms with Crippen LogP contribution in [0.2, 0.25) is 5.02 Å². The van der Waals surface area contributed by atoms with Gasteiger partial charge in [-0.15, -0.1) is 0 Å². The van der Waals surface area contributed by atoms with Crippen LogP contribution in [0.5, 0.6) is 0 Å². The van der Waals surface area contributed by atoms with E-state index in [1.807, 2.05) is 5.43 Å². The van der Waals surface area contributed by atoms with Crippen LogP contribution in [0.3, 0.4) is 0 Å². The predicted molar refractivity (Wildman–Crippen MR) is 78.3 cm³/mol. The molecule has 1 amide bonds. The van der Waals surface area contributed by atoms with E-state index in [0.29, 0.717) is 4.47 Å². The molecule has 0 radical (unpaired) electrons. The number of carbonyl (C=O) groups excluding carboxylic acids is 1. The fourth-order valence-electron chi connectivity index (χ4n) is 1.35. The lowest BCUT2D eigenvalue weighted by Gasteiger charge is -2.23. The summed E-state index contributed by atoms with van der Waals surface area (Å²) >= 11 is 9.24. The number of hydrazine groups is 1. The van der Waals surface area contributed by atoms with Gasteiger partial charge in [-0.3, -0.25) is 14.5 Å². The van der Waals surface area contributed by atoms with Crippen molar-refractivity contribution in [1.29, 1.82) is 0 Å². The van der Waals surface area contributed by atoms with Gasteiger partial charge >= 0.3 is 0 Å². The lowest BCUT2D eigenvalue weighted by Crippen LogP contribution is -2.43. The fourth-order valence-corrected chi connectivity index (χ4v) is 3.26. The number of halogens is 2. The maximum Gasteiger partial charge on any atom is 0.254 e. The molecule has 0 saturated heterocycles. The molecule has 6 nitrogen and oxygen atoms in total. The Hall–Kier alpha value is -0.830. The zero-order valence-electron chi connectivity index (χ0n) is 10.1. The molecule has 0 aliphatic heterocycles. The van der Waals surface area contributed by atoms with E-state index < -0.39 is 22.5 Å². The maximum atomic E-state index is 12.0. The van der Waals surface area contributed by atoms with Crippen molar-refractivity contribution >= 4 is 49.1 Å². The quantitative estimate of drug-likeness (QED) is 0.463. The molecule has 106 valence electrons. The smallest absolute Gasteiger partial charge is 0.254 e. The van der Waals surface area contributed by atoms with Crippen molar-refractivity contribution in [3.63, 3.8) is 0 Å². The number of benzene rings is 1. The summed E-state index contributed by atoms with van der Waals surface area (Å²) < 4.78 is 25.7. The zero-order valence-corrected chi connectivity index (χ0v) is 13.2. The molecule has 0 unspecified atom stereocenters. The first kappa shape index (κ1) is 16.2. The van der Waals surface area contributed by atoms with Crippen LogP contribution < -0.4 is 15.6 Å². The summed E-state index contributed by atoms with van der Waals surface area (Å²) in [6.07, 6.45) is 0. The van der Waals surface area contributed by atoms with Crippen LogP contribution >= 0.6 is 27.5 Å². The number of carbonyl (C=O) groups is 1. The standard InChI is InChI=1S/C10H13BrClN3O3S/c1-2-19(17,18)15(6-10(16)14-13)9-4-3-7(11)5-8(9)12/h3-5H,2,6,13H2,1H3,(H,14,16). The number of nitrogens with one attached hydrogen (secondary N) is 1.